The van der Waals surface area contributed by atoms with Crippen LogP contribution >= 0.6 is 11.8 Å². The average molecular weight is 344 g/mol. The van der Waals surface area contributed by atoms with E-state index >= 15 is 0 Å². The fraction of sp³-hybridized carbons (Fsp3) is 0.385. The molecule has 22 heavy (non-hydrogen) atoms. The van der Waals surface area contributed by atoms with Crippen molar-refractivity contribution in [3.63, 3.8) is 0 Å². The van der Waals surface area contributed by atoms with Gasteiger partial charge in [0.25, 0.3) is 5.24 Å². The van der Waals surface area contributed by atoms with E-state index < -0.39 is 15.8 Å². The van der Waals surface area contributed by atoms with Crippen molar-refractivity contribution >= 4 is 32.9 Å². The Kier molecular flexibility index (Phi) is 3.96. The molecular weight excluding hydrogens is 331 g/mol. The van der Waals surface area contributed by atoms with Gasteiger partial charge in [-0.1, -0.05) is 23.9 Å². The summed E-state index contributed by atoms with van der Waals surface area (Å²) in [6.45, 7) is 0.253. The van der Waals surface area contributed by atoms with E-state index in [0.29, 0.717) is 5.56 Å². The van der Waals surface area contributed by atoms with Crippen LogP contribution in [0, 0.1) is 5.82 Å². The Labute approximate surface area is 131 Å². The Hall–Kier alpha value is -1.45. The van der Waals surface area contributed by atoms with Gasteiger partial charge < -0.3 is 0 Å². The van der Waals surface area contributed by atoms with Gasteiger partial charge in [-0.05, 0) is 17.7 Å². The third kappa shape index (κ3) is 2.88. The second-order valence-corrected chi connectivity index (χ2v) is 8.07. The molecule has 0 atom stereocenters. The van der Waals surface area contributed by atoms with Gasteiger partial charge in [-0.15, -0.1) is 0 Å². The van der Waals surface area contributed by atoms with E-state index in [1.54, 1.807) is 0 Å². The number of carbonyl (C=O) groups excluding carboxylic acids is 2. The zero-order chi connectivity index (χ0) is 15.9. The average Bonchev–Trinajstić information content (AvgIpc) is 2.71. The highest BCUT2D eigenvalue weighted by Crippen LogP contribution is 2.28. The number of thioether (sulfide) groups is 1. The van der Waals surface area contributed by atoms with Crippen LogP contribution in [0.25, 0.3) is 0 Å². The quantitative estimate of drug-likeness (QED) is 0.816. The molecule has 2 fully saturated rings. The summed E-state index contributed by atoms with van der Waals surface area (Å²) in [7, 11) is -3.53. The molecule has 2 amide bonds. The van der Waals surface area contributed by atoms with E-state index in [-0.39, 0.29) is 41.8 Å². The number of halogens is 1. The minimum Gasteiger partial charge on any atom is -0.273 e. The highest BCUT2D eigenvalue weighted by molar-refractivity contribution is 8.14. The number of hydrogen-bond donors (Lipinski definition) is 0. The lowest BCUT2D eigenvalue weighted by Crippen LogP contribution is -2.62. The van der Waals surface area contributed by atoms with Crippen molar-refractivity contribution in [1.82, 2.24) is 9.21 Å². The second kappa shape index (κ2) is 5.64. The van der Waals surface area contributed by atoms with Crippen molar-refractivity contribution in [1.29, 1.82) is 0 Å². The minimum absolute atomic E-state index is 0.123. The molecule has 0 spiro atoms. The fourth-order valence-corrected chi connectivity index (χ4v) is 4.78. The van der Waals surface area contributed by atoms with Crippen LogP contribution in [-0.4, -0.2) is 53.7 Å². The van der Waals surface area contributed by atoms with Crippen molar-refractivity contribution in [2.75, 3.05) is 18.8 Å². The number of sulfonamides is 1. The Morgan fingerprint density at radius 1 is 1.18 bits per heavy atom. The molecule has 1 aromatic rings. The number of nitrogens with zero attached hydrogens (tertiary/aromatic N) is 2. The molecule has 9 heteroatoms. The molecule has 0 aromatic heterocycles. The molecule has 0 bridgehead atoms. The smallest absolute Gasteiger partial charge is 0.273 e. The topological polar surface area (TPSA) is 74.8 Å². The number of hydrogen-bond acceptors (Lipinski definition) is 5. The van der Waals surface area contributed by atoms with Crippen LogP contribution in [0.1, 0.15) is 5.56 Å². The number of imide groups is 1. The molecule has 2 aliphatic rings. The second-order valence-electron chi connectivity index (χ2n) is 5.17. The lowest BCUT2D eigenvalue weighted by molar-refractivity contribution is -0.127. The van der Waals surface area contributed by atoms with Gasteiger partial charge in [-0.2, -0.15) is 4.31 Å². The third-order valence-corrected chi connectivity index (χ3v) is 6.25. The number of carbonyl (C=O) groups is 2. The van der Waals surface area contributed by atoms with Crippen molar-refractivity contribution in [2.45, 2.75) is 11.8 Å². The maximum Gasteiger partial charge on any atom is 0.289 e. The summed E-state index contributed by atoms with van der Waals surface area (Å²) in [5, 5.41) is -0.314. The monoisotopic (exact) mass is 344 g/mol. The van der Waals surface area contributed by atoms with Crippen LogP contribution in [0.2, 0.25) is 0 Å². The van der Waals surface area contributed by atoms with E-state index in [2.05, 4.69) is 0 Å². The van der Waals surface area contributed by atoms with Crippen molar-refractivity contribution < 1.29 is 22.4 Å². The van der Waals surface area contributed by atoms with Crippen molar-refractivity contribution in [2.24, 2.45) is 0 Å². The van der Waals surface area contributed by atoms with Crippen molar-refractivity contribution in [3.05, 3.63) is 35.6 Å². The van der Waals surface area contributed by atoms with Gasteiger partial charge in [-0.3, -0.25) is 14.5 Å². The summed E-state index contributed by atoms with van der Waals surface area (Å²) in [5.41, 5.74) is 0.494. The summed E-state index contributed by atoms with van der Waals surface area (Å²) in [6, 6.07) is 4.89. The first kappa shape index (κ1) is 15.4. The Bertz CT molecular complexity index is 698. The number of rotatable bonds is 4. The maximum atomic E-state index is 12.8. The van der Waals surface area contributed by atoms with E-state index in [0.717, 1.165) is 16.7 Å². The van der Waals surface area contributed by atoms with E-state index in [9.17, 15) is 22.4 Å². The zero-order valence-corrected chi connectivity index (χ0v) is 13.1. The number of benzene rings is 1. The molecule has 0 unspecified atom stereocenters. The molecule has 2 saturated heterocycles. The summed E-state index contributed by atoms with van der Waals surface area (Å²) in [5.74, 6) is -0.793. The Morgan fingerprint density at radius 3 is 2.36 bits per heavy atom. The van der Waals surface area contributed by atoms with Crippen LogP contribution in [-0.2, 0) is 20.6 Å². The predicted octanol–water partition coefficient (Wildman–Crippen LogP) is 1.04. The van der Waals surface area contributed by atoms with Crippen LogP contribution < -0.4 is 0 Å². The van der Waals surface area contributed by atoms with Gasteiger partial charge in [0.15, 0.2) is 0 Å². The van der Waals surface area contributed by atoms with Gasteiger partial charge in [0.2, 0.25) is 15.9 Å². The van der Waals surface area contributed by atoms with Gasteiger partial charge in [0, 0.05) is 13.1 Å². The van der Waals surface area contributed by atoms with E-state index in [4.69, 9.17) is 0 Å². The Balaban J connectivity index is 1.62. The highest BCUT2D eigenvalue weighted by atomic mass is 32.2. The Morgan fingerprint density at radius 2 is 1.82 bits per heavy atom. The molecule has 0 N–H and O–H groups in total. The first-order valence-electron chi connectivity index (χ1n) is 6.58. The minimum atomic E-state index is -3.53. The molecule has 0 aliphatic carbocycles. The maximum absolute atomic E-state index is 12.8. The third-order valence-electron chi connectivity index (χ3n) is 3.63. The molecule has 0 radical (unpaired) electrons. The van der Waals surface area contributed by atoms with Gasteiger partial charge in [0.05, 0.1) is 17.5 Å². The first-order valence-corrected chi connectivity index (χ1v) is 9.17. The SMILES string of the molecule is O=C1CSC(=O)N1C1CN(S(=O)(=O)Cc2ccc(F)cc2)C1. The molecule has 0 saturated carbocycles. The lowest BCUT2D eigenvalue weighted by Gasteiger charge is -2.41. The van der Waals surface area contributed by atoms with Gasteiger partial charge in [0.1, 0.15) is 5.82 Å². The summed E-state index contributed by atoms with van der Waals surface area (Å²) in [4.78, 5) is 24.3. The fourth-order valence-electron chi connectivity index (χ4n) is 2.41. The molecule has 118 valence electrons. The first-order chi connectivity index (χ1) is 10.4. The number of amides is 2. The standard InChI is InChI=1S/C13H13FN2O4S2/c14-10-3-1-9(2-4-10)8-22(19,20)15-5-11(6-15)16-12(17)7-21-13(16)18/h1-4,11H,5-8H2. The van der Waals surface area contributed by atoms with Crippen LogP contribution in [0.3, 0.4) is 0 Å². The van der Waals surface area contributed by atoms with Gasteiger partial charge >= 0.3 is 0 Å². The lowest BCUT2D eigenvalue weighted by atomic mass is 10.1. The van der Waals surface area contributed by atoms with Crippen LogP contribution in [0.15, 0.2) is 24.3 Å². The van der Waals surface area contributed by atoms with Gasteiger partial charge in [-0.25, -0.2) is 12.8 Å². The predicted molar refractivity (Wildman–Crippen MR) is 79.1 cm³/mol. The molecule has 3 rings (SSSR count). The molecule has 2 heterocycles. The summed E-state index contributed by atoms with van der Waals surface area (Å²) in [6.07, 6.45) is 0. The van der Waals surface area contributed by atoms with E-state index in [1.165, 1.54) is 28.6 Å². The summed E-state index contributed by atoms with van der Waals surface area (Å²) >= 11 is 0.938. The molecular formula is C13H13FN2O4S2. The molecule has 6 nitrogen and oxygen atoms in total. The zero-order valence-electron chi connectivity index (χ0n) is 11.4. The summed E-state index contributed by atoms with van der Waals surface area (Å²) < 4.78 is 38.5. The van der Waals surface area contributed by atoms with Crippen LogP contribution in [0.5, 0.6) is 0 Å². The molecule has 2 aliphatic heterocycles. The van der Waals surface area contributed by atoms with E-state index in [1.807, 2.05) is 0 Å². The normalized spacial score (nSPS) is 20.5. The largest absolute Gasteiger partial charge is 0.289 e. The highest BCUT2D eigenvalue weighted by Gasteiger charge is 2.45. The van der Waals surface area contributed by atoms with Crippen LogP contribution in [0.4, 0.5) is 9.18 Å². The van der Waals surface area contributed by atoms with Crippen molar-refractivity contribution in [3.8, 4) is 0 Å². The molecule has 1 aromatic carbocycles.